The van der Waals surface area contributed by atoms with Gasteiger partial charge in [-0.05, 0) is 13.0 Å². The lowest BCUT2D eigenvalue weighted by atomic mass is 10.2. The van der Waals surface area contributed by atoms with Crippen molar-refractivity contribution in [1.82, 2.24) is 9.13 Å². The standard InChI is InChI=1S/C14H14N4O5/c1-8-4-5-9(6-11(8)18(22)23)15-7-10-12(19)16(2)14(21)17(3)13(10)20/h4-7,19H,1-3H3. The Morgan fingerprint density at radius 3 is 2.52 bits per heavy atom. The van der Waals surface area contributed by atoms with Crippen LogP contribution in [0.4, 0.5) is 11.4 Å². The molecular weight excluding hydrogens is 304 g/mol. The highest BCUT2D eigenvalue weighted by molar-refractivity contribution is 5.84. The summed E-state index contributed by atoms with van der Waals surface area (Å²) in [6.07, 6.45) is 1.07. The summed E-state index contributed by atoms with van der Waals surface area (Å²) < 4.78 is 1.74. The number of aromatic hydroxyl groups is 1. The second-order valence-corrected chi connectivity index (χ2v) is 4.93. The third kappa shape index (κ3) is 2.89. The highest BCUT2D eigenvalue weighted by Gasteiger charge is 2.14. The summed E-state index contributed by atoms with van der Waals surface area (Å²) in [5.41, 5.74) is -0.936. The molecule has 0 radical (unpaired) electrons. The number of hydrogen-bond donors (Lipinski definition) is 1. The SMILES string of the molecule is Cc1ccc(N=Cc2c(O)n(C)c(=O)n(C)c2=O)cc1[N+](=O)[O-]. The molecule has 0 amide bonds. The number of aromatic nitrogens is 2. The maximum atomic E-state index is 12.0. The van der Waals surface area contributed by atoms with Gasteiger partial charge in [-0.2, -0.15) is 0 Å². The van der Waals surface area contributed by atoms with Crippen LogP contribution in [0.1, 0.15) is 11.1 Å². The Bertz CT molecular complexity index is 939. The summed E-state index contributed by atoms with van der Waals surface area (Å²) in [7, 11) is 2.59. The summed E-state index contributed by atoms with van der Waals surface area (Å²) in [4.78, 5) is 38.0. The number of nitrogens with zero attached hydrogens (tertiary/aromatic N) is 4. The molecule has 0 aliphatic heterocycles. The van der Waals surface area contributed by atoms with Crippen molar-refractivity contribution in [2.75, 3.05) is 0 Å². The van der Waals surface area contributed by atoms with Gasteiger partial charge in [-0.3, -0.25) is 29.0 Å². The van der Waals surface area contributed by atoms with Gasteiger partial charge in [-0.25, -0.2) is 4.79 Å². The molecule has 2 aromatic rings. The van der Waals surface area contributed by atoms with E-state index in [0.29, 0.717) is 5.56 Å². The molecule has 120 valence electrons. The Hall–Kier alpha value is -3.23. The Morgan fingerprint density at radius 1 is 1.26 bits per heavy atom. The second-order valence-electron chi connectivity index (χ2n) is 4.93. The van der Waals surface area contributed by atoms with E-state index in [1.54, 1.807) is 13.0 Å². The molecule has 1 N–H and O–H groups in total. The van der Waals surface area contributed by atoms with Gasteiger partial charge in [0.1, 0.15) is 5.56 Å². The quantitative estimate of drug-likeness (QED) is 0.509. The molecule has 0 spiro atoms. The van der Waals surface area contributed by atoms with Crippen LogP contribution in [0, 0.1) is 17.0 Å². The number of hydrogen-bond acceptors (Lipinski definition) is 6. The molecule has 1 aromatic heterocycles. The lowest BCUT2D eigenvalue weighted by molar-refractivity contribution is -0.385. The fraction of sp³-hybridized carbons (Fsp3) is 0.214. The summed E-state index contributed by atoms with van der Waals surface area (Å²) >= 11 is 0. The molecule has 2 rings (SSSR count). The largest absolute Gasteiger partial charge is 0.494 e. The van der Waals surface area contributed by atoms with E-state index in [1.165, 1.54) is 26.2 Å². The van der Waals surface area contributed by atoms with Crippen LogP contribution >= 0.6 is 0 Å². The third-order valence-corrected chi connectivity index (χ3v) is 3.40. The lowest BCUT2D eigenvalue weighted by Crippen LogP contribution is -2.38. The van der Waals surface area contributed by atoms with Gasteiger partial charge in [0.25, 0.3) is 11.2 Å². The van der Waals surface area contributed by atoms with E-state index in [0.717, 1.165) is 15.3 Å². The predicted molar refractivity (Wildman–Crippen MR) is 83.7 cm³/mol. The van der Waals surface area contributed by atoms with Crippen LogP contribution in [0.5, 0.6) is 5.88 Å². The monoisotopic (exact) mass is 318 g/mol. The smallest absolute Gasteiger partial charge is 0.333 e. The van der Waals surface area contributed by atoms with Gasteiger partial charge < -0.3 is 5.11 Å². The van der Waals surface area contributed by atoms with E-state index in [9.17, 15) is 24.8 Å². The second kappa shape index (κ2) is 5.87. The molecule has 0 aliphatic carbocycles. The lowest BCUT2D eigenvalue weighted by Gasteiger charge is -2.07. The van der Waals surface area contributed by atoms with Crippen molar-refractivity contribution >= 4 is 17.6 Å². The van der Waals surface area contributed by atoms with Gasteiger partial charge in [0.15, 0.2) is 0 Å². The summed E-state index contributed by atoms with van der Waals surface area (Å²) in [5, 5.41) is 20.8. The highest BCUT2D eigenvalue weighted by atomic mass is 16.6. The average molecular weight is 318 g/mol. The molecule has 0 fully saturated rings. The van der Waals surface area contributed by atoms with Gasteiger partial charge in [0.05, 0.1) is 10.6 Å². The van der Waals surface area contributed by atoms with E-state index >= 15 is 0 Å². The van der Waals surface area contributed by atoms with Gasteiger partial charge in [-0.1, -0.05) is 6.07 Å². The minimum atomic E-state index is -0.712. The van der Waals surface area contributed by atoms with Crippen molar-refractivity contribution in [3.63, 3.8) is 0 Å². The molecule has 0 aliphatic rings. The summed E-state index contributed by atoms with van der Waals surface area (Å²) in [5.74, 6) is -0.525. The molecule has 23 heavy (non-hydrogen) atoms. The molecule has 0 saturated heterocycles. The van der Waals surface area contributed by atoms with Crippen LogP contribution < -0.4 is 11.2 Å². The maximum Gasteiger partial charge on any atom is 0.333 e. The maximum absolute atomic E-state index is 12.0. The Labute approximate surface area is 129 Å². The van der Waals surface area contributed by atoms with Crippen molar-refractivity contribution in [2.45, 2.75) is 6.92 Å². The van der Waals surface area contributed by atoms with Crippen molar-refractivity contribution in [1.29, 1.82) is 0 Å². The summed E-state index contributed by atoms with van der Waals surface area (Å²) in [6, 6.07) is 4.33. The molecule has 9 heteroatoms. The number of benzene rings is 1. The number of nitro benzene ring substituents is 1. The first-order chi connectivity index (χ1) is 10.7. The number of nitro groups is 1. The van der Waals surface area contributed by atoms with Gasteiger partial charge in [0.2, 0.25) is 5.88 Å². The highest BCUT2D eigenvalue weighted by Crippen LogP contribution is 2.24. The zero-order valence-electron chi connectivity index (χ0n) is 12.7. The van der Waals surface area contributed by atoms with Crippen LogP contribution in [0.2, 0.25) is 0 Å². The number of aryl methyl sites for hydroxylation is 1. The van der Waals surface area contributed by atoms with Crippen LogP contribution in [-0.2, 0) is 14.1 Å². The van der Waals surface area contributed by atoms with Crippen LogP contribution in [-0.4, -0.2) is 25.4 Å². The topological polar surface area (TPSA) is 120 Å². The molecule has 0 unspecified atom stereocenters. The van der Waals surface area contributed by atoms with E-state index < -0.39 is 22.1 Å². The van der Waals surface area contributed by atoms with E-state index in [-0.39, 0.29) is 16.9 Å². The Balaban J connectivity index is 2.54. The minimum absolute atomic E-state index is 0.0998. The first-order valence-electron chi connectivity index (χ1n) is 6.52. The normalized spacial score (nSPS) is 11.1. The zero-order chi connectivity index (χ0) is 17.3. The molecule has 0 atom stereocenters. The zero-order valence-corrected chi connectivity index (χ0v) is 12.7. The molecule has 1 heterocycles. The van der Waals surface area contributed by atoms with Gasteiger partial charge in [0, 0.05) is 31.9 Å². The van der Waals surface area contributed by atoms with E-state index in [4.69, 9.17) is 0 Å². The van der Waals surface area contributed by atoms with E-state index in [2.05, 4.69) is 4.99 Å². The van der Waals surface area contributed by atoms with Crippen molar-refractivity contribution < 1.29 is 10.0 Å². The van der Waals surface area contributed by atoms with E-state index in [1.807, 2.05) is 0 Å². The first-order valence-corrected chi connectivity index (χ1v) is 6.52. The molecule has 0 saturated carbocycles. The third-order valence-electron chi connectivity index (χ3n) is 3.40. The first kappa shape index (κ1) is 16.1. The number of rotatable bonds is 3. The fourth-order valence-corrected chi connectivity index (χ4v) is 1.99. The van der Waals surface area contributed by atoms with Crippen molar-refractivity contribution in [2.24, 2.45) is 19.1 Å². The Kier molecular flexibility index (Phi) is 4.12. The molecule has 9 nitrogen and oxygen atoms in total. The molecule has 1 aromatic carbocycles. The van der Waals surface area contributed by atoms with Crippen LogP contribution in [0.25, 0.3) is 0 Å². The van der Waals surface area contributed by atoms with Crippen molar-refractivity contribution in [3.05, 3.63) is 60.3 Å². The summed E-state index contributed by atoms with van der Waals surface area (Å²) in [6.45, 7) is 1.60. The van der Waals surface area contributed by atoms with Crippen LogP contribution in [0.3, 0.4) is 0 Å². The predicted octanol–water partition coefficient (Wildman–Crippen LogP) is 0.757. The average Bonchev–Trinajstić information content (AvgIpc) is 2.52. The fourth-order valence-electron chi connectivity index (χ4n) is 1.99. The number of aliphatic imine (C=N–C) groups is 1. The van der Waals surface area contributed by atoms with Crippen LogP contribution in [0.15, 0.2) is 32.8 Å². The molecule has 0 bridgehead atoms. The van der Waals surface area contributed by atoms with Gasteiger partial charge in [-0.15, -0.1) is 0 Å². The van der Waals surface area contributed by atoms with Gasteiger partial charge >= 0.3 is 5.69 Å². The molecular formula is C14H14N4O5. The minimum Gasteiger partial charge on any atom is -0.494 e. The Morgan fingerprint density at radius 2 is 1.91 bits per heavy atom. The van der Waals surface area contributed by atoms with Crippen molar-refractivity contribution in [3.8, 4) is 5.88 Å².